The molecule has 1 amide bonds. The molecule has 0 radical (unpaired) electrons. The van der Waals surface area contributed by atoms with Gasteiger partial charge < -0.3 is 15.4 Å². The van der Waals surface area contributed by atoms with E-state index in [1.165, 1.54) is 29.8 Å². The van der Waals surface area contributed by atoms with Gasteiger partial charge in [-0.2, -0.15) is 4.68 Å². The van der Waals surface area contributed by atoms with Crippen molar-refractivity contribution in [2.75, 3.05) is 5.32 Å². The normalized spacial score (nSPS) is 11.8. The largest absolute Gasteiger partial charge is 0.390 e. The van der Waals surface area contributed by atoms with E-state index < -0.39 is 21.8 Å². The number of nitro benzene ring substituents is 1. The average Bonchev–Trinajstić information content (AvgIpc) is 2.90. The first-order valence-electron chi connectivity index (χ1n) is 6.97. The maximum Gasteiger partial charge on any atom is 0.390 e. The fraction of sp³-hybridized carbons (Fsp3) is 0.286. The summed E-state index contributed by atoms with van der Waals surface area (Å²) in [5.41, 5.74) is 0.953. The molecule has 0 aliphatic carbocycles. The number of hydrogen-bond acceptors (Lipinski definition) is 6. The first-order valence-corrected chi connectivity index (χ1v) is 6.97. The molecule has 24 heavy (non-hydrogen) atoms. The van der Waals surface area contributed by atoms with Crippen LogP contribution in [0.25, 0.3) is 0 Å². The van der Waals surface area contributed by atoms with Crippen LogP contribution in [0, 0.1) is 34.1 Å². The molecular formula is C14H15N5O5. The van der Waals surface area contributed by atoms with E-state index in [4.69, 9.17) is 0 Å². The molecule has 0 saturated heterocycles. The van der Waals surface area contributed by atoms with Crippen molar-refractivity contribution in [2.45, 2.75) is 26.8 Å². The van der Waals surface area contributed by atoms with Crippen LogP contribution in [0.1, 0.15) is 24.2 Å². The number of nitrogens with zero attached hydrogens (tertiary/aromatic N) is 4. The van der Waals surface area contributed by atoms with E-state index in [9.17, 15) is 25.0 Å². The van der Waals surface area contributed by atoms with E-state index in [-0.39, 0.29) is 17.2 Å². The standard InChI is InChI=1S/C14H15N5O5/c1-8-4-5-11(12(6-8)18(21)22)15-14(20)10(3)17-9(2)7-13(16-17)19(23)24/h4-7,10H,1-3H3,(H,15,20). The van der Waals surface area contributed by atoms with E-state index in [1.807, 2.05) is 0 Å². The van der Waals surface area contributed by atoms with Crippen molar-refractivity contribution in [3.63, 3.8) is 0 Å². The molecule has 1 atom stereocenters. The minimum Gasteiger partial charge on any atom is -0.358 e. The molecule has 10 heteroatoms. The number of rotatable bonds is 5. The number of amides is 1. The fourth-order valence-electron chi connectivity index (χ4n) is 2.20. The third-order valence-electron chi connectivity index (χ3n) is 3.45. The average molecular weight is 333 g/mol. The Morgan fingerprint density at radius 2 is 1.88 bits per heavy atom. The highest BCUT2D eigenvalue weighted by atomic mass is 16.6. The molecule has 0 saturated carbocycles. The predicted octanol–water partition coefficient (Wildman–Crippen LogP) is 2.52. The van der Waals surface area contributed by atoms with E-state index in [1.54, 1.807) is 19.9 Å². The number of aromatic nitrogens is 2. The van der Waals surface area contributed by atoms with Gasteiger partial charge >= 0.3 is 5.82 Å². The molecule has 0 bridgehead atoms. The van der Waals surface area contributed by atoms with Crippen molar-refractivity contribution in [3.8, 4) is 0 Å². The quantitative estimate of drug-likeness (QED) is 0.660. The van der Waals surface area contributed by atoms with E-state index in [2.05, 4.69) is 10.4 Å². The second kappa shape index (κ2) is 6.44. The lowest BCUT2D eigenvalue weighted by Gasteiger charge is -2.12. The van der Waals surface area contributed by atoms with Crippen molar-refractivity contribution in [1.82, 2.24) is 9.78 Å². The minimum atomic E-state index is -0.875. The number of hydrogen-bond donors (Lipinski definition) is 1. The lowest BCUT2D eigenvalue weighted by Crippen LogP contribution is -2.25. The Hall–Kier alpha value is -3.30. The Kier molecular flexibility index (Phi) is 4.58. The molecule has 10 nitrogen and oxygen atoms in total. The van der Waals surface area contributed by atoms with Crippen LogP contribution in [-0.2, 0) is 4.79 Å². The van der Waals surface area contributed by atoms with E-state index in [0.717, 1.165) is 0 Å². The summed E-state index contributed by atoms with van der Waals surface area (Å²) in [5, 5.41) is 28.1. The molecule has 0 fully saturated rings. The summed E-state index contributed by atoms with van der Waals surface area (Å²) in [6.07, 6.45) is 0. The minimum absolute atomic E-state index is 0.0572. The van der Waals surface area contributed by atoms with Crippen LogP contribution in [0.15, 0.2) is 24.3 Å². The maximum atomic E-state index is 12.3. The molecule has 2 aromatic rings. The zero-order chi connectivity index (χ0) is 18.0. The number of nitrogens with one attached hydrogen (secondary N) is 1. The van der Waals surface area contributed by atoms with E-state index >= 15 is 0 Å². The van der Waals surface area contributed by atoms with Crippen molar-refractivity contribution in [3.05, 3.63) is 55.8 Å². The van der Waals surface area contributed by atoms with Crippen molar-refractivity contribution < 1.29 is 14.6 Å². The number of benzene rings is 1. The zero-order valence-corrected chi connectivity index (χ0v) is 13.2. The number of nitro groups is 2. The molecule has 1 aromatic carbocycles. The maximum absolute atomic E-state index is 12.3. The van der Waals surface area contributed by atoms with Crippen LogP contribution < -0.4 is 5.32 Å². The summed E-state index contributed by atoms with van der Waals surface area (Å²) in [6.45, 7) is 4.78. The first-order chi connectivity index (χ1) is 11.2. The Bertz CT molecular complexity index is 829. The molecule has 1 aromatic heterocycles. The summed E-state index contributed by atoms with van der Waals surface area (Å²) >= 11 is 0. The molecule has 0 aliphatic heterocycles. The van der Waals surface area contributed by atoms with Gasteiger partial charge in [-0.15, -0.1) is 0 Å². The number of carbonyl (C=O) groups excluding carboxylic acids is 1. The summed E-state index contributed by atoms with van der Waals surface area (Å²) in [6, 6.07) is 4.80. The summed E-state index contributed by atoms with van der Waals surface area (Å²) in [5.74, 6) is -0.934. The Balaban J connectivity index is 2.27. The SMILES string of the molecule is Cc1ccc(NC(=O)C(C)n2nc([N+](=O)[O-])cc2C)c([N+](=O)[O-])c1. The van der Waals surface area contributed by atoms with Gasteiger partial charge in [0.05, 0.1) is 21.8 Å². The highest BCUT2D eigenvalue weighted by Gasteiger charge is 2.26. The molecule has 1 unspecified atom stereocenters. The van der Waals surface area contributed by atoms with Crippen LogP contribution in [0.2, 0.25) is 0 Å². The van der Waals surface area contributed by atoms with Gasteiger partial charge in [-0.1, -0.05) is 6.07 Å². The van der Waals surface area contributed by atoms with Gasteiger partial charge in [-0.3, -0.25) is 14.9 Å². The van der Waals surface area contributed by atoms with Gasteiger partial charge in [0.2, 0.25) is 0 Å². The summed E-state index contributed by atoms with van der Waals surface area (Å²) < 4.78 is 1.20. The Morgan fingerprint density at radius 3 is 2.42 bits per heavy atom. The zero-order valence-electron chi connectivity index (χ0n) is 13.2. The molecular weight excluding hydrogens is 318 g/mol. The van der Waals surface area contributed by atoms with Crippen LogP contribution in [0.5, 0.6) is 0 Å². The highest BCUT2D eigenvalue weighted by molar-refractivity contribution is 5.95. The number of carbonyl (C=O) groups is 1. The van der Waals surface area contributed by atoms with Gasteiger partial charge in [0.15, 0.2) is 0 Å². The second-order valence-electron chi connectivity index (χ2n) is 5.29. The van der Waals surface area contributed by atoms with Crippen molar-refractivity contribution in [2.24, 2.45) is 0 Å². The Morgan fingerprint density at radius 1 is 1.21 bits per heavy atom. The second-order valence-corrected chi connectivity index (χ2v) is 5.29. The van der Waals surface area contributed by atoms with Crippen LogP contribution >= 0.6 is 0 Å². The highest BCUT2D eigenvalue weighted by Crippen LogP contribution is 2.26. The predicted molar refractivity (Wildman–Crippen MR) is 84.8 cm³/mol. The smallest absolute Gasteiger partial charge is 0.358 e. The summed E-state index contributed by atoms with van der Waals surface area (Å²) in [7, 11) is 0. The van der Waals surface area contributed by atoms with Gasteiger partial charge in [-0.05, 0) is 37.3 Å². The molecule has 1 heterocycles. The number of anilines is 1. The third-order valence-corrected chi connectivity index (χ3v) is 3.45. The number of aryl methyl sites for hydroxylation is 2. The van der Waals surface area contributed by atoms with Crippen molar-refractivity contribution >= 4 is 23.1 Å². The van der Waals surface area contributed by atoms with Gasteiger partial charge in [-0.25, -0.2) is 0 Å². The lowest BCUT2D eigenvalue weighted by atomic mass is 10.2. The fourth-order valence-corrected chi connectivity index (χ4v) is 2.20. The van der Waals surface area contributed by atoms with Gasteiger partial charge in [0.25, 0.3) is 11.6 Å². The topological polar surface area (TPSA) is 133 Å². The van der Waals surface area contributed by atoms with Crippen LogP contribution in [-0.4, -0.2) is 25.5 Å². The van der Waals surface area contributed by atoms with Gasteiger partial charge in [0, 0.05) is 6.07 Å². The molecule has 1 N–H and O–H groups in total. The lowest BCUT2D eigenvalue weighted by molar-refractivity contribution is -0.389. The van der Waals surface area contributed by atoms with Crippen molar-refractivity contribution in [1.29, 1.82) is 0 Å². The summed E-state index contributed by atoms with van der Waals surface area (Å²) in [4.78, 5) is 32.9. The van der Waals surface area contributed by atoms with E-state index in [0.29, 0.717) is 11.3 Å². The first kappa shape index (κ1) is 17.1. The molecule has 0 spiro atoms. The molecule has 0 aliphatic rings. The van der Waals surface area contributed by atoms with Gasteiger partial charge in [0.1, 0.15) is 11.7 Å². The molecule has 126 valence electrons. The monoisotopic (exact) mass is 333 g/mol. The van der Waals surface area contributed by atoms with Crippen LogP contribution in [0.3, 0.4) is 0 Å². The van der Waals surface area contributed by atoms with Crippen LogP contribution in [0.4, 0.5) is 17.2 Å². The Labute approximate surface area is 136 Å². The molecule has 2 rings (SSSR count). The third kappa shape index (κ3) is 3.37.